The molecule has 0 bridgehead atoms. The molecule has 1 atom stereocenters. The maximum atomic E-state index is 11.6. The fourth-order valence-electron chi connectivity index (χ4n) is 1.54. The van der Waals surface area contributed by atoms with Crippen LogP contribution in [0.3, 0.4) is 0 Å². The molecule has 1 aliphatic rings. The maximum Gasteiger partial charge on any atom is 0.349 e. The Morgan fingerprint density at radius 3 is 2.79 bits per heavy atom. The van der Waals surface area contributed by atoms with E-state index in [1.807, 2.05) is 6.07 Å². The van der Waals surface area contributed by atoms with Crippen molar-refractivity contribution < 1.29 is 23.8 Å². The van der Waals surface area contributed by atoms with Crippen molar-refractivity contribution in [1.82, 2.24) is 0 Å². The van der Waals surface area contributed by atoms with Crippen molar-refractivity contribution in [2.45, 2.75) is 6.10 Å². The number of nitrogens with zero attached hydrogens (tertiary/aromatic N) is 1. The van der Waals surface area contributed by atoms with E-state index in [4.69, 9.17) is 9.47 Å². The number of benzene rings is 1. The van der Waals surface area contributed by atoms with E-state index in [9.17, 15) is 9.59 Å². The van der Waals surface area contributed by atoms with Gasteiger partial charge in [-0.3, -0.25) is 0 Å². The topological polar surface area (TPSA) is 74.2 Å². The second-order valence-electron chi connectivity index (χ2n) is 3.81. The monoisotopic (exact) mass is 263 g/mol. The van der Waals surface area contributed by atoms with Crippen molar-refractivity contribution >= 4 is 17.8 Å². The van der Waals surface area contributed by atoms with Gasteiger partial charge in [0.15, 0.2) is 6.61 Å². The molecule has 19 heavy (non-hydrogen) atoms. The maximum absolute atomic E-state index is 11.6. The van der Waals surface area contributed by atoms with Gasteiger partial charge < -0.3 is 14.2 Å². The molecule has 6 nitrogen and oxygen atoms in total. The second kappa shape index (κ2) is 5.99. The summed E-state index contributed by atoms with van der Waals surface area (Å²) in [5, 5.41) is 0. The van der Waals surface area contributed by atoms with Gasteiger partial charge in [0.2, 0.25) is 12.0 Å². The Kier molecular flexibility index (Phi) is 4.12. The fourth-order valence-corrected chi connectivity index (χ4v) is 1.54. The van der Waals surface area contributed by atoms with E-state index in [2.05, 4.69) is 9.73 Å². The third-order valence-corrected chi connectivity index (χ3v) is 2.51. The van der Waals surface area contributed by atoms with Crippen LogP contribution in [0.15, 0.2) is 35.3 Å². The Hall–Kier alpha value is -2.37. The molecule has 0 fully saturated rings. The summed E-state index contributed by atoms with van der Waals surface area (Å²) >= 11 is 0. The highest BCUT2D eigenvalue weighted by Gasteiger charge is 2.28. The molecule has 0 spiro atoms. The Morgan fingerprint density at radius 1 is 1.37 bits per heavy atom. The molecule has 2 rings (SSSR count). The van der Waals surface area contributed by atoms with E-state index >= 15 is 0 Å². The van der Waals surface area contributed by atoms with Crippen LogP contribution in [0.25, 0.3) is 0 Å². The van der Waals surface area contributed by atoms with Crippen molar-refractivity contribution in [2.75, 3.05) is 20.3 Å². The summed E-state index contributed by atoms with van der Waals surface area (Å²) in [5.74, 6) is -0.735. The Morgan fingerprint density at radius 2 is 2.11 bits per heavy atom. The first kappa shape index (κ1) is 13.1. The summed E-state index contributed by atoms with van der Waals surface area (Å²) in [6, 6.07) is 8.59. The summed E-state index contributed by atoms with van der Waals surface area (Å²) in [7, 11) is 1.28. The highest BCUT2D eigenvalue weighted by atomic mass is 16.6. The van der Waals surface area contributed by atoms with Crippen molar-refractivity contribution in [1.29, 1.82) is 0 Å². The van der Waals surface area contributed by atoms with E-state index < -0.39 is 18.0 Å². The van der Waals surface area contributed by atoms with Crippen LogP contribution in [0, 0.1) is 0 Å². The van der Waals surface area contributed by atoms with Gasteiger partial charge in [-0.2, -0.15) is 0 Å². The third kappa shape index (κ3) is 3.31. The highest BCUT2D eigenvalue weighted by Crippen LogP contribution is 2.08. The van der Waals surface area contributed by atoms with Crippen LogP contribution >= 0.6 is 0 Å². The molecule has 1 aromatic rings. The average molecular weight is 263 g/mol. The Balaban J connectivity index is 1.81. The predicted molar refractivity (Wildman–Crippen MR) is 65.9 cm³/mol. The lowest BCUT2D eigenvalue weighted by molar-refractivity contribution is -0.148. The smallest absolute Gasteiger partial charge is 0.349 e. The quantitative estimate of drug-likeness (QED) is 0.752. The number of methoxy groups -OCH3 is 1. The van der Waals surface area contributed by atoms with Crippen LogP contribution in [0.1, 0.15) is 10.4 Å². The lowest BCUT2D eigenvalue weighted by Gasteiger charge is -2.09. The second-order valence-corrected chi connectivity index (χ2v) is 3.81. The summed E-state index contributed by atoms with van der Waals surface area (Å²) < 4.78 is 14.8. The minimum Gasteiger partial charge on any atom is -0.466 e. The van der Waals surface area contributed by atoms with E-state index in [-0.39, 0.29) is 19.0 Å². The molecule has 1 aliphatic heterocycles. The zero-order valence-corrected chi connectivity index (χ0v) is 10.4. The van der Waals surface area contributed by atoms with E-state index in [0.717, 1.165) is 0 Å². The number of rotatable bonds is 4. The van der Waals surface area contributed by atoms with Gasteiger partial charge in [-0.25, -0.2) is 14.6 Å². The van der Waals surface area contributed by atoms with Gasteiger partial charge in [-0.1, -0.05) is 18.2 Å². The molecule has 1 heterocycles. The molecule has 6 heteroatoms. The highest BCUT2D eigenvalue weighted by molar-refractivity contribution is 5.92. The van der Waals surface area contributed by atoms with Crippen LogP contribution in [0.2, 0.25) is 0 Å². The average Bonchev–Trinajstić information content (AvgIpc) is 2.93. The van der Waals surface area contributed by atoms with E-state index in [0.29, 0.717) is 5.56 Å². The number of hydrogen-bond donors (Lipinski definition) is 0. The number of esters is 2. The molecule has 100 valence electrons. The molecule has 0 amide bonds. The number of carbonyl (C=O) groups is 2. The van der Waals surface area contributed by atoms with Gasteiger partial charge in [-0.05, 0) is 12.1 Å². The molecule has 0 N–H and O–H groups in total. The zero-order chi connectivity index (χ0) is 13.7. The number of hydrogen-bond acceptors (Lipinski definition) is 6. The van der Waals surface area contributed by atoms with Gasteiger partial charge >= 0.3 is 11.9 Å². The van der Waals surface area contributed by atoms with Crippen molar-refractivity contribution in [3.63, 3.8) is 0 Å². The standard InChI is InChI=1S/C13H13NO5/c1-17-13(16)10-7-14-11(19-10)8-18-12(15)9-5-3-2-4-6-9/h2-6,10H,7-8H2,1H3. The normalized spacial score (nSPS) is 17.3. The summed E-state index contributed by atoms with van der Waals surface area (Å²) in [5.41, 5.74) is 0.450. The zero-order valence-electron chi connectivity index (χ0n) is 10.4. The molecular formula is C13H13NO5. The van der Waals surface area contributed by atoms with E-state index in [1.54, 1.807) is 24.3 Å². The van der Waals surface area contributed by atoms with Gasteiger partial charge in [-0.15, -0.1) is 0 Å². The van der Waals surface area contributed by atoms with Gasteiger partial charge in [0, 0.05) is 0 Å². The van der Waals surface area contributed by atoms with Crippen LogP contribution in [0.5, 0.6) is 0 Å². The molecular weight excluding hydrogens is 250 g/mol. The lowest BCUT2D eigenvalue weighted by Crippen LogP contribution is -2.27. The van der Waals surface area contributed by atoms with Crippen molar-refractivity contribution in [3.05, 3.63) is 35.9 Å². The molecule has 1 aromatic carbocycles. The van der Waals surface area contributed by atoms with Crippen LogP contribution in [-0.2, 0) is 19.0 Å². The van der Waals surface area contributed by atoms with E-state index in [1.165, 1.54) is 7.11 Å². The molecule has 0 radical (unpaired) electrons. The first-order valence-electron chi connectivity index (χ1n) is 5.70. The number of aliphatic imine (C=N–C) groups is 1. The van der Waals surface area contributed by atoms with Gasteiger partial charge in [0.05, 0.1) is 19.2 Å². The summed E-state index contributed by atoms with van der Waals surface area (Å²) in [4.78, 5) is 26.8. The van der Waals surface area contributed by atoms with Crippen LogP contribution < -0.4 is 0 Å². The fraction of sp³-hybridized carbons (Fsp3) is 0.308. The minimum absolute atomic E-state index is 0.0960. The Bertz CT molecular complexity index is 497. The Labute approximate surface area is 110 Å². The molecule has 0 saturated heterocycles. The summed E-state index contributed by atoms with van der Waals surface area (Å²) in [6.45, 7) is 0.0894. The third-order valence-electron chi connectivity index (χ3n) is 2.51. The molecule has 0 aliphatic carbocycles. The number of ether oxygens (including phenoxy) is 3. The summed E-state index contributed by atoms with van der Waals surface area (Å²) in [6.07, 6.45) is -0.740. The van der Waals surface area contributed by atoms with Crippen LogP contribution in [-0.4, -0.2) is 44.2 Å². The molecule has 0 aromatic heterocycles. The SMILES string of the molecule is COC(=O)C1CN=C(COC(=O)c2ccccc2)O1. The van der Waals surface area contributed by atoms with Crippen molar-refractivity contribution in [2.24, 2.45) is 4.99 Å². The first-order chi connectivity index (χ1) is 9.20. The number of carbonyl (C=O) groups excluding carboxylic acids is 2. The largest absolute Gasteiger partial charge is 0.466 e. The first-order valence-corrected chi connectivity index (χ1v) is 5.70. The predicted octanol–water partition coefficient (Wildman–Crippen LogP) is 0.814. The van der Waals surface area contributed by atoms with Gasteiger partial charge in [0.25, 0.3) is 0 Å². The lowest BCUT2D eigenvalue weighted by atomic mass is 10.2. The molecule has 0 saturated carbocycles. The van der Waals surface area contributed by atoms with Gasteiger partial charge in [0.1, 0.15) is 0 Å². The van der Waals surface area contributed by atoms with Crippen molar-refractivity contribution in [3.8, 4) is 0 Å². The van der Waals surface area contributed by atoms with Crippen LogP contribution in [0.4, 0.5) is 0 Å². The minimum atomic E-state index is -0.740. The molecule has 1 unspecified atom stereocenters.